The van der Waals surface area contributed by atoms with Crippen LogP contribution in [0.3, 0.4) is 0 Å². The van der Waals surface area contributed by atoms with Crippen molar-refractivity contribution in [3.63, 3.8) is 0 Å². The molecule has 0 radical (unpaired) electrons. The van der Waals surface area contributed by atoms with Gasteiger partial charge < -0.3 is 5.11 Å². The number of fused-ring (bicyclic) bond motifs is 2. The highest BCUT2D eigenvalue weighted by molar-refractivity contribution is 7.91. The molecule has 5 heteroatoms. The molecule has 2 fully saturated rings. The van der Waals surface area contributed by atoms with E-state index in [0.717, 1.165) is 12.8 Å². The zero-order valence-corrected chi connectivity index (χ0v) is 9.53. The van der Waals surface area contributed by atoms with E-state index in [4.69, 9.17) is 5.11 Å². The molecule has 2 bridgehead atoms. The van der Waals surface area contributed by atoms with Gasteiger partial charge in [-0.25, -0.2) is 8.42 Å². The molecule has 0 aromatic carbocycles. The average Bonchev–Trinajstić information content (AvgIpc) is 1.97. The summed E-state index contributed by atoms with van der Waals surface area (Å²) in [6.07, 6.45) is 1.49. The van der Waals surface area contributed by atoms with Gasteiger partial charge in [-0.3, -0.25) is 4.79 Å². The standard InChI is InChI=1S/C10H16O4S/c1-6-2-7-4-15(13,14)5-8(3-6)9(7)10(11)12/h6-9H,2-5H2,1H3,(H,11,12). The molecule has 1 aliphatic heterocycles. The summed E-state index contributed by atoms with van der Waals surface area (Å²) in [7, 11) is -3.00. The highest BCUT2D eigenvalue weighted by atomic mass is 32.2. The fraction of sp³-hybridized carbons (Fsp3) is 0.900. The number of aliphatic carboxylic acids is 1. The Kier molecular flexibility index (Phi) is 2.53. The number of carboxylic acids is 1. The molecule has 0 spiro atoms. The highest BCUT2D eigenvalue weighted by Crippen LogP contribution is 2.43. The van der Waals surface area contributed by atoms with Crippen molar-refractivity contribution in [2.24, 2.45) is 23.7 Å². The first kappa shape index (κ1) is 10.9. The molecule has 0 amide bonds. The Morgan fingerprint density at radius 1 is 1.20 bits per heavy atom. The number of hydrogen-bond donors (Lipinski definition) is 1. The lowest BCUT2D eigenvalue weighted by molar-refractivity contribution is -0.147. The molecule has 0 aromatic heterocycles. The molecule has 1 N–H and O–H groups in total. The van der Waals surface area contributed by atoms with E-state index < -0.39 is 21.7 Å². The first-order valence-electron chi connectivity index (χ1n) is 5.32. The van der Waals surface area contributed by atoms with E-state index in [9.17, 15) is 13.2 Å². The van der Waals surface area contributed by atoms with E-state index in [1.165, 1.54) is 0 Å². The summed E-state index contributed by atoms with van der Waals surface area (Å²) in [6.45, 7) is 2.08. The molecule has 1 saturated carbocycles. The van der Waals surface area contributed by atoms with E-state index in [2.05, 4.69) is 6.92 Å². The van der Waals surface area contributed by atoms with Crippen molar-refractivity contribution < 1.29 is 18.3 Å². The van der Waals surface area contributed by atoms with Crippen LogP contribution in [0.2, 0.25) is 0 Å². The van der Waals surface area contributed by atoms with Gasteiger partial charge in [0.15, 0.2) is 9.84 Å². The van der Waals surface area contributed by atoms with Gasteiger partial charge in [-0.1, -0.05) is 6.92 Å². The van der Waals surface area contributed by atoms with Crippen LogP contribution in [0.4, 0.5) is 0 Å². The lowest BCUT2D eigenvalue weighted by Crippen LogP contribution is -2.48. The summed E-state index contributed by atoms with van der Waals surface area (Å²) in [4.78, 5) is 11.1. The molecule has 1 heterocycles. The predicted octanol–water partition coefficient (Wildman–Crippen LogP) is 0.778. The average molecular weight is 232 g/mol. The van der Waals surface area contributed by atoms with Crippen LogP contribution in [0.15, 0.2) is 0 Å². The van der Waals surface area contributed by atoms with Crippen LogP contribution >= 0.6 is 0 Å². The normalized spacial score (nSPS) is 43.5. The van der Waals surface area contributed by atoms with Crippen molar-refractivity contribution in [2.75, 3.05) is 11.5 Å². The number of rotatable bonds is 1. The van der Waals surface area contributed by atoms with E-state index in [1.54, 1.807) is 0 Å². The Morgan fingerprint density at radius 2 is 1.67 bits per heavy atom. The van der Waals surface area contributed by atoms with Crippen LogP contribution < -0.4 is 0 Å². The summed E-state index contributed by atoms with van der Waals surface area (Å²) >= 11 is 0. The molecule has 1 saturated heterocycles. The van der Waals surface area contributed by atoms with Gasteiger partial charge in [0.05, 0.1) is 17.4 Å². The van der Waals surface area contributed by atoms with Crippen molar-refractivity contribution >= 4 is 15.8 Å². The van der Waals surface area contributed by atoms with Gasteiger partial charge >= 0.3 is 5.97 Å². The Morgan fingerprint density at radius 3 is 2.07 bits per heavy atom. The second kappa shape index (κ2) is 3.47. The van der Waals surface area contributed by atoms with Crippen LogP contribution in [0, 0.1) is 23.7 Å². The fourth-order valence-corrected chi connectivity index (χ4v) is 5.40. The van der Waals surface area contributed by atoms with Gasteiger partial charge in [-0.2, -0.15) is 0 Å². The quantitative estimate of drug-likeness (QED) is 0.725. The van der Waals surface area contributed by atoms with Crippen LogP contribution in [0.5, 0.6) is 0 Å². The van der Waals surface area contributed by atoms with Gasteiger partial charge in [0.25, 0.3) is 0 Å². The van der Waals surface area contributed by atoms with Gasteiger partial charge in [0, 0.05) is 0 Å². The summed E-state index contributed by atoms with van der Waals surface area (Å²) in [5.41, 5.74) is 0. The molecule has 2 rings (SSSR count). The summed E-state index contributed by atoms with van der Waals surface area (Å²) in [5, 5.41) is 9.11. The van der Waals surface area contributed by atoms with Crippen molar-refractivity contribution in [1.82, 2.24) is 0 Å². The zero-order chi connectivity index (χ0) is 11.2. The number of hydrogen-bond acceptors (Lipinski definition) is 3. The predicted molar refractivity (Wildman–Crippen MR) is 55.2 cm³/mol. The Balaban J connectivity index is 2.29. The number of sulfone groups is 1. The SMILES string of the molecule is CC1CC2CS(=O)(=O)CC(C1)C2C(=O)O. The minimum Gasteiger partial charge on any atom is -0.481 e. The molecule has 2 unspecified atom stereocenters. The first-order valence-corrected chi connectivity index (χ1v) is 7.14. The smallest absolute Gasteiger partial charge is 0.307 e. The van der Waals surface area contributed by atoms with Gasteiger partial charge in [-0.15, -0.1) is 0 Å². The lowest BCUT2D eigenvalue weighted by Gasteiger charge is -2.42. The Labute approximate surface area is 89.6 Å². The van der Waals surface area contributed by atoms with Crippen LogP contribution in [-0.2, 0) is 14.6 Å². The number of carboxylic acid groups (broad SMARTS) is 1. The third-order valence-electron chi connectivity index (χ3n) is 3.65. The van der Waals surface area contributed by atoms with Crippen LogP contribution in [-0.4, -0.2) is 31.0 Å². The molecule has 2 aliphatic rings. The molecule has 1 aliphatic carbocycles. The van der Waals surface area contributed by atoms with Gasteiger partial charge in [-0.05, 0) is 30.6 Å². The zero-order valence-electron chi connectivity index (χ0n) is 8.72. The van der Waals surface area contributed by atoms with Crippen LogP contribution in [0.25, 0.3) is 0 Å². The Hall–Kier alpha value is -0.580. The summed E-state index contributed by atoms with van der Waals surface area (Å²) < 4.78 is 23.1. The van der Waals surface area contributed by atoms with E-state index in [-0.39, 0.29) is 23.3 Å². The summed E-state index contributed by atoms with van der Waals surface area (Å²) in [6, 6.07) is 0. The molecule has 4 nitrogen and oxygen atoms in total. The van der Waals surface area contributed by atoms with Gasteiger partial charge in [0.1, 0.15) is 0 Å². The second-order valence-corrected chi connectivity index (χ2v) is 7.19. The van der Waals surface area contributed by atoms with E-state index >= 15 is 0 Å². The molecular weight excluding hydrogens is 216 g/mol. The maximum atomic E-state index is 11.5. The maximum Gasteiger partial charge on any atom is 0.307 e. The monoisotopic (exact) mass is 232 g/mol. The first-order chi connectivity index (χ1) is 6.89. The van der Waals surface area contributed by atoms with E-state index in [0.29, 0.717) is 5.92 Å². The van der Waals surface area contributed by atoms with E-state index in [1.807, 2.05) is 0 Å². The molecule has 0 aromatic rings. The highest BCUT2D eigenvalue weighted by Gasteiger charge is 2.47. The largest absolute Gasteiger partial charge is 0.481 e. The van der Waals surface area contributed by atoms with Crippen molar-refractivity contribution in [2.45, 2.75) is 19.8 Å². The molecular formula is C10H16O4S. The Bertz CT molecular complexity index is 351. The van der Waals surface area contributed by atoms with Crippen molar-refractivity contribution in [3.05, 3.63) is 0 Å². The van der Waals surface area contributed by atoms with Crippen molar-refractivity contribution in [3.8, 4) is 0 Å². The third-order valence-corrected chi connectivity index (χ3v) is 5.52. The second-order valence-electron chi connectivity index (χ2n) is 5.04. The third kappa shape index (κ3) is 2.02. The number of carbonyl (C=O) groups is 1. The summed E-state index contributed by atoms with van der Waals surface area (Å²) in [5.74, 6) is -0.942. The lowest BCUT2D eigenvalue weighted by atomic mass is 9.69. The van der Waals surface area contributed by atoms with Crippen molar-refractivity contribution in [1.29, 1.82) is 0 Å². The molecule has 86 valence electrons. The minimum atomic E-state index is -3.00. The molecule has 15 heavy (non-hydrogen) atoms. The van der Waals surface area contributed by atoms with Crippen LogP contribution in [0.1, 0.15) is 19.8 Å². The maximum absolute atomic E-state index is 11.5. The minimum absolute atomic E-state index is 0.0742. The molecule has 2 atom stereocenters. The fourth-order valence-electron chi connectivity index (χ4n) is 3.28. The van der Waals surface area contributed by atoms with Gasteiger partial charge in [0.2, 0.25) is 0 Å². The topological polar surface area (TPSA) is 71.4 Å².